The molecule has 3 rings (SSSR count). The molecule has 1 aromatic carbocycles. The highest BCUT2D eigenvalue weighted by Gasteiger charge is 2.42. The standard InChI is InChI=1S/C16H21ClFN/c1-16(12-5-6-12,10-19-13-7-8-13)9-11-3-2-4-14(17)15(11)18/h2-4,12-13,19H,5-10H2,1H3. The molecule has 0 saturated heterocycles. The van der Waals surface area contributed by atoms with E-state index in [4.69, 9.17) is 11.6 Å². The Hall–Kier alpha value is -0.600. The molecule has 1 N–H and O–H groups in total. The van der Waals surface area contributed by atoms with Crippen LogP contribution in [0.15, 0.2) is 18.2 Å². The molecule has 0 bridgehead atoms. The van der Waals surface area contributed by atoms with Gasteiger partial charge in [-0.2, -0.15) is 0 Å². The van der Waals surface area contributed by atoms with Crippen LogP contribution in [0, 0.1) is 17.2 Å². The summed E-state index contributed by atoms with van der Waals surface area (Å²) < 4.78 is 14.1. The maximum Gasteiger partial charge on any atom is 0.144 e. The number of benzene rings is 1. The lowest BCUT2D eigenvalue weighted by molar-refractivity contribution is 0.252. The fourth-order valence-electron chi connectivity index (χ4n) is 2.92. The van der Waals surface area contributed by atoms with E-state index < -0.39 is 0 Å². The van der Waals surface area contributed by atoms with Crippen molar-refractivity contribution >= 4 is 11.6 Å². The third kappa shape index (κ3) is 3.11. The van der Waals surface area contributed by atoms with Crippen molar-refractivity contribution in [2.75, 3.05) is 6.54 Å². The predicted octanol–water partition coefficient (Wildman–Crippen LogP) is 4.19. The molecule has 2 saturated carbocycles. The molecule has 0 aliphatic heterocycles. The summed E-state index contributed by atoms with van der Waals surface area (Å²) >= 11 is 5.88. The molecule has 2 fully saturated rings. The van der Waals surface area contributed by atoms with Gasteiger partial charge in [0, 0.05) is 12.6 Å². The van der Waals surface area contributed by atoms with Crippen LogP contribution in [0.2, 0.25) is 5.02 Å². The fraction of sp³-hybridized carbons (Fsp3) is 0.625. The molecule has 1 unspecified atom stereocenters. The Kier molecular flexibility index (Phi) is 3.57. The van der Waals surface area contributed by atoms with Crippen LogP contribution >= 0.6 is 11.6 Å². The van der Waals surface area contributed by atoms with Gasteiger partial charge in [-0.3, -0.25) is 0 Å². The van der Waals surface area contributed by atoms with Gasteiger partial charge >= 0.3 is 0 Å². The second-order valence-electron chi connectivity index (χ2n) is 6.47. The van der Waals surface area contributed by atoms with Crippen LogP contribution < -0.4 is 5.32 Å². The molecule has 0 radical (unpaired) electrons. The predicted molar refractivity (Wildman–Crippen MR) is 77.0 cm³/mol. The number of nitrogens with one attached hydrogen (secondary N) is 1. The molecule has 1 nitrogen and oxygen atoms in total. The van der Waals surface area contributed by atoms with Crippen LogP contribution in [0.3, 0.4) is 0 Å². The van der Waals surface area contributed by atoms with Crippen LogP contribution in [0.5, 0.6) is 0 Å². The second kappa shape index (κ2) is 5.06. The van der Waals surface area contributed by atoms with E-state index in [2.05, 4.69) is 12.2 Å². The highest BCUT2D eigenvalue weighted by Crippen LogP contribution is 2.47. The van der Waals surface area contributed by atoms with Gasteiger partial charge in [-0.05, 0) is 55.1 Å². The van der Waals surface area contributed by atoms with Crippen LogP contribution in [-0.2, 0) is 6.42 Å². The van der Waals surface area contributed by atoms with E-state index in [1.165, 1.54) is 25.7 Å². The minimum Gasteiger partial charge on any atom is -0.313 e. The zero-order valence-electron chi connectivity index (χ0n) is 11.4. The minimum absolute atomic E-state index is 0.161. The van der Waals surface area contributed by atoms with Gasteiger partial charge in [0.05, 0.1) is 5.02 Å². The van der Waals surface area contributed by atoms with Gasteiger partial charge < -0.3 is 5.32 Å². The molecule has 2 aliphatic carbocycles. The Balaban J connectivity index is 1.74. The summed E-state index contributed by atoms with van der Waals surface area (Å²) in [7, 11) is 0. The lowest BCUT2D eigenvalue weighted by Gasteiger charge is -2.31. The summed E-state index contributed by atoms with van der Waals surface area (Å²) in [5.74, 6) is 0.500. The number of rotatable bonds is 6. The molecule has 1 aromatic rings. The van der Waals surface area contributed by atoms with Crippen molar-refractivity contribution in [3.8, 4) is 0 Å². The number of hydrogen-bond acceptors (Lipinski definition) is 1. The van der Waals surface area contributed by atoms with Crippen molar-refractivity contribution < 1.29 is 4.39 Å². The highest BCUT2D eigenvalue weighted by atomic mass is 35.5. The lowest BCUT2D eigenvalue weighted by Crippen LogP contribution is -2.36. The van der Waals surface area contributed by atoms with Crippen molar-refractivity contribution in [3.63, 3.8) is 0 Å². The Bertz CT molecular complexity index is 468. The van der Waals surface area contributed by atoms with E-state index in [-0.39, 0.29) is 16.3 Å². The molecule has 0 heterocycles. The maximum absolute atomic E-state index is 14.1. The maximum atomic E-state index is 14.1. The molecule has 0 aromatic heterocycles. The highest BCUT2D eigenvalue weighted by molar-refractivity contribution is 6.30. The third-order valence-electron chi connectivity index (χ3n) is 4.56. The normalized spacial score (nSPS) is 22.3. The van der Waals surface area contributed by atoms with Gasteiger partial charge in [-0.15, -0.1) is 0 Å². The first-order valence-corrected chi connectivity index (χ1v) is 7.62. The molecular formula is C16H21ClFN. The van der Waals surface area contributed by atoms with Crippen molar-refractivity contribution in [1.29, 1.82) is 0 Å². The van der Waals surface area contributed by atoms with Gasteiger partial charge in [0.2, 0.25) is 0 Å². The van der Waals surface area contributed by atoms with Crippen LogP contribution in [0.25, 0.3) is 0 Å². The first-order chi connectivity index (χ1) is 9.08. The molecule has 104 valence electrons. The fourth-order valence-corrected chi connectivity index (χ4v) is 3.11. The monoisotopic (exact) mass is 281 g/mol. The van der Waals surface area contributed by atoms with E-state index in [0.717, 1.165) is 24.4 Å². The van der Waals surface area contributed by atoms with Crippen LogP contribution in [0.1, 0.15) is 38.2 Å². The summed E-state index contributed by atoms with van der Waals surface area (Å²) in [5.41, 5.74) is 0.924. The molecule has 19 heavy (non-hydrogen) atoms. The van der Waals surface area contributed by atoms with Crippen LogP contribution in [0.4, 0.5) is 4.39 Å². The third-order valence-corrected chi connectivity index (χ3v) is 4.85. The van der Waals surface area contributed by atoms with Crippen molar-refractivity contribution in [3.05, 3.63) is 34.6 Å². The summed E-state index contributed by atoms with van der Waals surface area (Å²) in [5, 5.41) is 3.86. The van der Waals surface area contributed by atoms with Gasteiger partial charge in [0.25, 0.3) is 0 Å². The molecule has 0 amide bonds. The lowest BCUT2D eigenvalue weighted by atomic mass is 9.78. The smallest absolute Gasteiger partial charge is 0.144 e. The summed E-state index contributed by atoms with van der Waals surface area (Å²) in [6.45, 7) is 3.29. The zero-order valence-corrected chi connectivity index (χ0v) is 12.1. The van der Waals surface area contributed by atoms with E-state index >= 15 is 0 Å². The zero-order chi connectivity index (χ0) is 13.5. The molecule has 1 atom stereocenters. The first-order valence-electron chi connectivity index (χ1n) is 7.25. The van der Waals surface area contributed by atoms with Gasteiger partial charge in [0.1, 0.15) is 5.82 Å². The van der Waals surface area contributed by atoms with E-state index in [1.807, 2.05) is 12.1 Å². The molecular weight excluding hydrogens is 261 g/mol. The number of hydrogen-bond donors (Lipinski definition) is 1. The molecule has 3 heteroatoms. The molecule has 0 spiro atoms. The van der Waals surface area contributed by atoms with E-state index in [0.29, 0.717) is 6.04 Å². The van der Waals surface area contributed by atoms with Gasteiger partial charge in [-0.1, -0.05) is 30.7 Å². The average Bonchev–Trinajstić information content (AvgIpc) is 3.26. The Morgan fingerprint density at radius 1 is 1.32 bits per heavy atom. The molecule has 2 aliphatic rings. The average molecular weight is 282 g/mol. The topological polar surface area (TPSA) is 12.0 Å². The second-order valence-corrected chi connectivity index (χ2v) is 6.88. The summed E-state index contributed by atoms with van der Waals surface area (Å²) in [6.07, 6.45) is 5.94. The number of halogens is 2. The summed E-state index contributed by atoms with van der Waals surface area (Å²) in [4.78, 5) is 0. The summed E-state index contributed by atoms with van der Waals surface area (Å²) in [6, 6.07) is 6.06. The quantitative estimate of drug-likeness (QED) is 0.824. The Labute approximate surface area is 119 Å². The van der Waals surface area contributed by atoms with Crippen molar-refractivity contribution in [2.24, 2.45) is 11.3 Å². The SMILES string of the molecule is CC(CNC1CC1)(Cc1cccc(Cl)c1F)C1CC1. The Morgan fingerprint density at radius 3 is 2.68 bits per heavy atom. The van der Waals surface area contributed by atoms with E-state index in [9.17, 15) is 4.39 Å². The van der Waals surface area contributed by atoms with Crippen molar-refractivity contribution in [2.45, 2.75) is 45.1 Å². The van der Waals surface area contributed by atoms with Crippen LogP contribution in [-0.4, -0.2) is 12.6 Å². The van der Waals surface area contributed by atoms with Gasteiger partial charge in [-0.25, -0.2) is 4.39 Å². The minimum atomic E-state index is -0.234. The van der Waals surface area contributed by atoms with Gasteiger partial charge in [0.15, 0.2) is 0 Å². The van der Waals surface area contributed by atoms with E-state index in [1.54, 1.807) is 6.07 Å². The van der Waals surface area contributed by atoms with Crippen molar-refractivity contribution in [1.82, 2.24) is 5.32 Å². The first kappa shape index (κ1) is 13.4. The largest absolute Gasteiger partial charge is 0.313 e. The Morgan fingerprint density at radius 2 is 2.05 bits per heavy atom.